The summed E-state index contributed by atoms with van der Waals surface area (Å²) < 4.78 is 9.09. The lowest BCUT2D eigenvalue weighted by molar-refractivity contribution is 0.281. The van der Waals surface area contributed by atoms with Crippen molar-refractivity contribution in [3.63, 3.8) is 0 Å². The van der Waals surface area contributed by atoms with E-state index in [0.29, 0.717) is 5.88 Å². The fourth-order valence-corrected chi connectivity index (χ4v) is 2.15. The van der Waals surface area contributed by atoms with E-state index in [1.54, 1.807) is 31.7 Å². The molecule has 2 heterocycles. The van der Waals surface area contributed by atoms with Gasteiger partial charge in [0, 0.05) is 143 Å². The van der Waals surface area contributed by atoms with E-state index in [1.807, 2.05) is 6.92 Å². The Hall–Kier alpha value is -0.0808. The number of aryl methyl sites for hydroxylation is 2. The van der Waals surface area contributed by atoms with Crippen LogP contribution in [-0.2, 0) is 21.7 Å². The van der Waals surface area contributed by atoms with Crippen molar-refractivity contribution in [2.24, 2.45) is 0 Å². The van der Waals surface area contributed by atoms with E-state index in [0.717, 1.165) is 22.8 Å². The van der Waals surface area contributed by atoms with Crippen LogP contribution < -0.4 is 0 Å². The molecule has 0 amide bonds. The number of hydrogen-bond acceptors (Lipinski definition) is 6. The Morgan fingerprint density at radius 3 is 1.31 bits per heavy atom. The molecule has 22 heteroatoms. The summed E-state index contributed by atoms with van der Waals surface area (Å²) in [7, 11) is 45.2. The molecule has 1 N–H and O–H groups in total. The van der Waals surface area contributed by atoms with Gasteiger partial charge in [-0.1, -0.05) is 7.43 Å². The predicted molar refractivity (Wildman–Crippen MR) is 165 cm³/mol. The molecule has 0 spiro atoms. The summed E-state index contributed by atoms with van der Waals surface area (Å²) in [5, 5.41) is 8.55. The summed E-state index contributed by atoms with van der Waals surface area (Å²) in [5.74, 6) is 2.00. The van der Waals surface area contributed by atoms with Gasteiger partial charge in [0.15, 0.2) is 0 Å². The maximum atomic E-state index is 9.09. The highest BCUT2D eigenvalue weighted by atomic mass is 36.0. The van der Waals surface area contributed by atoms with Crippen LogP contribution in [0.15, 0.2) is 24.8 Å². The minimum absolute atomic E-state index is 0. The zero-order valence-electron chi connectivity index (χ0n) is 18.8. The van der Waals surface area contributed by atoms with Gasteiger partial charge in [-0.25, -0.2) is 24.1 Å². The van der Waals surface area contributed by atoms with Crippen molar-refractivity contribution >= 4 is 128 Å². The fraction of sp³-hybridized carbons (Fsp3) is 0.385. The number of hydrogen-bond donors (Lipinski definition) is 1. The Balaban J connectivity index is -0.000000406. The Morgan fingerprint density at radius 1 is 0.800 bits per heavy atom. The molecule has 0 atom stereocenters. The lowest BCUT2D eigenvalue weighted by Gasteiger charge is -2.29. The maximum Gasteiger partial charge on any atom is 0.211 e. The summed E-state index contributed by atoms with van der Waals surface area (Å²) in [6, 6.07) is 0. The number of alkyl halides is 1. The van der Waals surface area contributed by atoms with Crippen LogP contribution in [0.25, 0.3) is 0 Å². The molecule has 2 aromatic rings. The van der Waals surface area contributed by atoms with Gasteiger partial charge in [0.2, 0.25) is 9.23 Å². The van der Waals surface area contributed by atoms with E-state index in [4.69, 9.17) is 75.1 Å². The number of halogens is 3. The van der Waals surface area contributed by atoms with E-state index in [-0.39, 0.29) is 14.0 Å². The van der Waals surface area contributed by atoms with Crippen LogP contribution in [0.5, 0.6) is 0 Å². The summed E-state index contributed by atoms with van der Waals surface area (Å²) in [4.78, 5) is 15.7. The summed E-state index contributed by atoms with van der Waals surface area (Å²) >= 11 is 5.50. The molecule has 0 aromatic carbocycles. The van der Waals surface area contributed by atoms with Gasteiger partial charge in [0.05, 0.1) is 12.5 Å². The van der Waals surface area contributed by atoms with Gasteiger partial charge in [0.1, 0.15) is 11.6 Å². The predicted octanol–water partition coefficient (Wildman–Crippen LogP) is -1.09. The molecule has 2 rings (SSSR count). The second-order valence-corrected chi connectivity index (χ2v) is 9.43. The third-order valence-corrected chi connectivity index (χ3v) is 4.09. The molecule has 0 fully saturated rings. The van der Waals surface area contributed by atoms with Gasteiger partial charge < -0.3 is 5.11 Å². The Morgan fingerprint density at radius 2 is 1.11 bits per heavy atom. The Kier molecular flexibility index (Phi) is 26.0. The third kappa shape index (κ3) is 21.7. The normalized spacial score (nSPS) is 8.89. The van der Waals surface area contributed by atoms with Gasteiger partial charge >= 0.3 is 0 Å². The lowest BCUT2D eigenvalue weighted by atomic mass is 8.53. The molecule has 0 bridgehead atoms. The van der Waals surface area contributed by atoms with Crippen molar-refractivity contribution in [1.29, 1.82) is 0 Å². The number of rotatable bonds is 6. The molecule has 0 saturated carbocycles. The van der Waals surface area contributed by atoms with Crippen LogP contribution in [0.2, 0.25) is 0 Å². The third-order valence-electron chi connectivity index (χ3n) is 3.78. The van der Waals surface area contributed by atoms with Gasteiger partial charge in [-0.05, 0) is 13.8 Å². The minimum Gasteiger partial charge on any atom is -0.392 e. The molecule has 35 heavy (non-hydrogen) atoms. The van der Waals surface area contributed by atoms with Gasteiger partial charge in [0.25, 0.3) is 0 Å². The van der Waals surface area contributed by atoms with Gasteiger partial charge in [-0.3, -0.25) is 0 Å². The second kappa shape index (κ2) is 23.1. The average molecular weight is 531 g/mol. The molecule has 2 aromatic heterocycles. The first kappa shape index (κ1) is 39.4. The lowest BCUT2D eigenvalue weighted by Crippen LogP contribution is -2.67. The smallest absolute Gasteiger partial charge is 0.211 e. The number of aliphatic hydroxyl groups is 1. The first-order chi connectivity index (χ1) is 15.8. The summed E-state index contributed by atoms with van der Waals surface area (Å²) in [6.45, 7) is 3.67. The van der Waals surface area contributed by atoms with Crippen LogP contribution in [0.3, 0.4) is 0 Å². The van der Waals surface area contributed by atoms with Crippen LogP contribution in [0.1, 0.15) is 30.2 Å². The van der Waals surface area contributed by atoms with Crippen LogP contribution >= 0.6 is 33.0 Å². The zero-order valence-corrected chi connectivity index (χ0v) is 21.9. The first-order valence-corrected chi connectivity index (χ1v) is 12.9. The molecule has 0 aliphatic heterocycles. The highest BCUT2D eigenvalue weighted by Gasteiger charge is 2.30. The Labute approximate surface area is 237 Å². The van der Waals surface area contributed by atoms with Crippen molar-refractivity contribution in [2.75, 3.05) is 0 Å². The monoisotopic (exact) mass is 532 g/mol. The zero-order chi connectivity index (χ0) is 26.8. The summed E-state index contributed by atoms with van der Waals surface area (Å²) in [5.41, 5.74) is 1.71. The average Bonchev–Trinajstić information content (AvgIpc) is 2.75. The van der Waals surface area contributed by atoms with Crippen molar-refractivity contribution in [1.82, 2.24) is 19.9 Å². The van der Waals surface area contributed by atoms with Crippen molar-refractivity contribution in [3.8, 4) is 0 Å². The second-order valence-electron chi connectivity index (χ2n) is 6.64. The van der Waals surface area contributed by atoms with Crippen LogP contribution in [0, 0.1) is 13.8 Å². The first-order valence-electron chi connectivity index (χ1n) is 9.51. The molecule has 6 nitrogen and oxygen atoms in total. The molecule has 166 valence electrons. The highest BCUT2D eigenvalue weighted by molar-refractivity contribution is 8.26. The maximum absolute atomic E-state index is 9.09. The van der Waals surface area contributed by atoms with E-state index in [1.165, 1.54) is 0 Å². The highest BCUT2D eigenvalue weighted by Crippen LogP contribution is 1.98. The molecule has 0 saturated heterocycles. The minimum atomic E-state index is -1.67. The molecular weight excluding hydrogens is 512 g/mol. The number of aromatic nitrogens is 4. The molecule has 14 radical (unpaired) electrons. The van der Waals surface area contributed by atoms with E-state index in [9.17, 15) is 0 Å². The van der Waals surface area contributed by atoms with E-state index >= 15 is 0 Å². The standard InChI is InChI=1S/C6H7ClN2.C6H8N2O.CH4.B12.Cl2OS/c1-5-8-3-6(2-7)4-9-5;1-5-7-2-6(4-9)3-8-5;;1-8(2)11(7)12(9(3)4)10(5)6;1-4(2)3/h3-4H,2H2,1H3;2-3,9H,4H2,1H3;1H4;;. The van der Waals surface area contributed by atoms with Gasteiger partial charge in [-0.15, -0.1) is 11.6 Å². The molecule has 0 aliphatic rings. The molecular formula is C13H19B12Cl3N4O2S. The molecule has 0 unspecified atom stereocenters. The fourth-order valence-electron chi connectivity index (χ4n) is 2.02. The number of aliphatic hydroxyl groups excluding tert-OH is 1. The van der Waals surface area contributed by atoms with E-state index < -0.39 is 41.2 Å². The summed E-state index contributed by atoms with van der Waals surface area (Å²) in [6.07, 6.45) is 3.47. The van der Waals surface area contributed by atoms with Gasteiger partial charge in [-0.2, -0.15) is 0 Å². The SMILES string of the molecule is C.Cc1ncc(CCl)cn1.Cc1ncc(CO)cn1.O=S(Cl)Cl.[B]B([B])B([B])B(B([B])[B])B([B])[B]. The molecule has 0 aliphatic carbocycles. The van der Waals surface area contributed by atoms with Crippen LogP contribution in [-0.4, -0.2) is 115 Å². The van der Waals surface area contributed by atoms with Crippen molar-refractivity contribution < 1.29 is 9.32 Å². The number of nitrogens with zero attached hydrogens (tertiary/aromatic N) is 4. The Bertz CT molecular complexity index is 745. The topological polar surface area (TPSA) is 88.9 Å². The van der Waals surface area contributed by atoms with Crippen LogP contribution in [0.4, 0.5) is 0 Å². The quantitative estimate of drug-likeness (QED) is 0.290. The van der Waals surface area contributed by atoms with Crippen molar-refractivity contribution in [2.45, 2.75) is 33.8 Å². The van der Waals surface area contributed by atoms with E-state index in [2.05, 4.69) is 41.3 Å². The van der Waals surface area contributed by atoms with Crippen molar-refractivity contribution in [3.05, 3.63) is 47.6 Å². The largest absolute Gasteiger partial charge is 0.392 e.